The number of H-pyrrole nitrogens is 1. The number of nitrogens with zero attached hydrogens (tertiary/aromatic N) is 2. The highest BCUT2D eigenvalue weighted by Crippen LogP contribution is 2.35. The molecule has 0 aliphatic rings. The van der Waals surface area contributed by atoms with Gasteiger partial charge in [0.15, 0.2) is 5.69 Å². The van der Waals surface area contributed by atoms with Gasteiger partial charge in [-0.05, 0) is 24.3 Å². The number of nitrogens with one attached hydrogen (secondary N) is 1. The van der Waals surface area contributed by atoms with Gasteiger partial charge in [0.2, 0.25) is 5.88 Å². The normalized spacial score (nSPS) is 11.2. The molecular formula is C15H11N3O3. The molecular weight excluding hydrogens is 270 g/mol. The van der Waals surface area contributed by atoms with Crippen LogP contribution in [-0.4, -0.2) is 21.1 Å². The van der Waals surface area contributed by atoms with Gasteiger partial charge in [0.1, 0.15) is 5.75 Å². The van der Waals surface area contributed by atoms with Crippen LogP contribution in [-0.2, 0) is 0 Å². The van der Waals surface area contributed by atoms with Gasteiger partial charge in [-0.3, -0.25) is 4.79 Å². The van der Waals surface area contributed by atoms with Crippen molar-refractivity contribution in [3.63, 3.8) is 0 Å². The number of phenols is 1. The van der Waals surface area contributed by atoms with E-state index < -0.39 is 5.91 Å². The minimum absolute atomic E-state index is 0.0222. The van der Waals surface area contributed by atoms with Crippen LogP contribution in [0.25, 0.3) is 10.9 Å². The van der Waals surface area contributed by atoms with Crippen molar-refractivity contribution in [3.05, 3.63) is 54.1 Å². The van der Waals surface area contributed by atoms with Gasteiger partial charge in [0.25, 0.3) is 5.91 Å². The van der Waals surface area contributed by atoms with E-state index in [0.717, 1.165) is 0 Å². The second-order valence-corrected chi connectivity index (χ2v) is 4.42. The predicted octanol–water partition coefficient (Wildman–Crippen LogP) is 3.50. The first-order chi connectivity index (χ1) is 10.1. The lowest BCUT2D eigenvalue weighted by Crippen LogP contribution is -1.92. The molecule has 3 N–H and O–H groups in total. The number of carbonyl (C=O) groups is 1. The number of azo groups is 1. The van der Waals surface area contributed by atoms with E-state index in [1.807, 2.05) is 6.07 Å². The number of benzene rings is 2. The van der Waals surface area contributed by atoms with Crippen molar-refractivity contribution in [2.45, 2.75) is 0 Å². The monoisotopic (exact) mass is 281 g/mol. The maximum absolute atomic E-state index is 11.9. The number of hydrogen-bond acceptors (Lipinski definition) is 4. The van der Waals surface area contributed by atoms with Gasteiger partial charge in [-0.25, -0.2) is 0 Å². The number of hydrogen-bond donors (Lipinski definition) is 3. The van der Waals surface area contributed by atoms with Gasteiger partial charge < -0.3 is 15.2 Å². The second kappa shape index (κ2) is 5.09. The average molecular weight is 281 g/mol. The molecule has 0 unspecified atom stereocenters. The molecule has 1 amide bonds. The fourth-order valence-electron chi connectivity index (χ4n) is 2.01. The molecule has 1 aromatic heterocycles. The molecule has 0 aliphatic heterocycles. The Balaban J connectivity index is 1.95. The highest BCUT2D eigenvalue weighted by Gasteiger charge is 2.11. The Hall–Kier alpha value is -3.15. The number of rotatable bonds is 2. The standard InChI is InChI=1S/C15H11N3O3/c19-10-5-3-4-9(8-10)14(20)18-17-13-11-6-1-2-7-12(11)16-15(13)21/h1-8,16,19,21H. The number of carbonyl (C=O) groups excluding carboxylic acids is 1. The molecule has 21 heavy (non-hydrogen) atoms. The van der Waals surface area contributed by atoms with Crippen LogP contribution in [0, 0.1) is 0 Å². The minimum atomic E-state index is -0.601. The third-order valence-corrected chi connectivity index (χ3v) is 2.99. The molecule has 0 aliphatic carbocycles. The van der Waals surface area contributed by atoms with E-state index in [2.05, 4.69) is 15.2 Å². The van der Waals surface area contributed by atoms with E-state index in [4.69, 9.17) is 0 Å². The summed E-state index contributed by atoms with van der Waals surface area (Å²) in [5, 5.41) is 27.2. The van der Waals surface area contributed by atoms with Crippen LogP contribution in [0.5, 0.6) is 11.6 Å². The molecule has 3 aromatic rings. The van der Waals surface area contributed by atoms with E-state index >= 15 is 0 Å². The zero-order valence-corrected chi connectivity index (χ0v) is 10.8. The van der Waals surface area contributed by atoms with Gasteiger partial charge in [0, 0.05) is 10.9 Å². The van der Waals surface area contributed by atoms with Crippen LogP contribution in [0.1, 0.15) is 10.4 Å². The lowest BCUT2D eigenvalue weighted by Gasteiger charge is -1.95. The van der Waals surface area contributed by atoms with Crippen LogP contribution in [0.15, 0.2) is 58.8 Å². The van der Waals surface area contributed by atoms with Crippen molar-refractivity contribution in [2.75, 3.05) is 0 Å². The molecule has 0 bridgehead atoms. The van der Waals surface area contributed by atoms with Gasteiger partial charge in [-0.2, -0.15) is 0 Å². The Kier molecular flexibility index (Phi) is 3.12. The molecule has 0 spiro atoms. The number of fused-ring (bicyclic) bond motifs is 1. The van der Waals surface area contributed by atoms with Crippen LogP contribution in [0.3, 0.4) is 0 Å². The molecule has 0 fully saturated rings. The van der Waals surface area contributed by atoms with Crippen LogP contribution in [0.2, 0.25) is 0 Å². The molecule has 0 saturated carbocycles. The predicted molar refractivity (Wildman–Crippen MR) is 76.9 cm³/mol. The van der Waals surface area contributed by atoms with Gasteiger partial charge in [-0.15, -0.1) is 10.2 Å². The van der Waals surface area contributed by atoms with Crippen LogP contribution < -0.4 is 0 Å². The fraction of sp³-hybridized carbons (Fsp3) is 0. The van der Waals surface area contributed by atoms with Crippen molar-refractivity contribution in [3.8, 4) is 11.6 Å². The largest absolute Gasteiger partial charge is 0.508 e. The Labute approximate surface area is 119 Å². The van der Waals surface area contributed by atoms with Crippen molar-refractivity contribution < 1.29 is 15.0 Å². The Morgan fingerprint density at radius 1 is 1.05 bits per heavy atom. The zero-order chi connectivity index (χ0) is 14.8. The summed E-state index contributed by atoms with van der Waals surface area (Å²) in [6.45, 7) is 0. The third-order valence-electron chi connectivity index (χ3n) is 2.99. The van der Waals surface area contributed by atoms with Crippen molar-refractivity contribution in [1.29, 1.82) is 0 Å². The third kappa shape index (κ3) is 2.46. The fourth-order valence-corrected chi connectivity index (χ4v) is 2.01. The number of amides is 1. The average Bonchev–Trinajstić information content (AvgIpc) is 2.80. The zero-order valence-electron chi connectivity index (χ0n) is 10.8. The second-order valence-electron chi connectivity index (χ2n) is 4.42. The summed E-state index contributed by atoms with van der Waals surface area (Å²) in [6.07, 6.45) is 0. The Morgan fingerprint density at radius 3 is 2.67 bits per heavy atom. The molecule has 6 heteroatoms. The SMILES string of the molecule is O=C(N=Nc1c(O)[nH]c2ccccc12)c1cccc(O)c1. The van der Waals surface area contributed by atoms with Gasteiger partial charge in [-0.1, -0.05) is 24.3 Å². The van der Waals surface area contributed by atoms with E-state index in [1.165, 1.54) is 18.2 Å². The van der Waals surface area contributed by atoms with Crippen molar-refractivity contribution >= 4 is 22.5 Å². The number of phenolic OH excluding ortho intramolecular Hbond substituents is 1. The summed E-state index contributed by atoms with van der Waals surface area (Å²) in [4.78, 5) is 14.6. The summed E-state index contributed by atoms with van der Waals surface area (Å²) in [6, 6.07) is 13.0. The molecule has 0 saturated heterocycles. The Morgan fingerprint density at radius 2 is 1.86 bits per heavy atom. The van der Waals surface area contributed by atoms with Crippen molar-refractivity contribution in [2.24, 2.45) is 10.2 Å². The first-order valence-corrected chi connectivity index (χ1v) is 6.20. The summed E-state index contributed by atoms with van der Waals surface area (Å²) in [5.74, 6) is -0.773. The van der Waals surface area contributed by atoms with E-state index in [9.17, 15) is 15.0 Å². The maximum Gasteiger partial charge on any atom is 0.295 e. The molecule has 1 heterocycles. The van der Waals surface area contributed by atoms with E-state index in [1.54, 1.807) is 24.3 Å². The van der Waals surface area contributed by atoms with Crippen LogP contribution >= 0.6 is 0 Å². The highest BCUT2D eigenvalue weighted by atomic mass is 16.3. The van der Waals surface area contributed by atoms with Crippen LogP contribution in [0.4, 0.5) is 5.69 Å². The Bertz CT molecular complexity index is 852. The number of aromatic nitrogens is 1. The topological polar surface area (TPSA) is 98.0 Å². The molecule has 104 valence electrons. The van der Waals surface area contributed by atoms with Gasteiger partial charge >= 0.3 is 0 Å². The maximum atomic E-state index is 11.9. The summed E-state index contributed by atoms with van der Waals surface area (Å²) < 4.78 is 0. The first-order valence-electron chi connectivity index (χ1n) is 6.20. The van der Waals surface area contributed by atoms with Gasteiger partial charge in [0.05, 0.1) is 5.52 Å². The smallest absolute Gasteiger partial charge is 0.295 e. The summed E-state index contributed by atoms with van der Waals surface area (Å²) in [7, 11) is 0. The molecule has 0 radical (unpaired) electrons. The minimum Gasteiger partial charge on any atom is -0.508 e. The van der Waals surface area contributed by atoms with E-state index in [0.29, 0.717) is 10.9 Å². The molecule has 3 rings (SSSR count). The summed E-state index contributed by atoms with van der Waals surface area (Å²) in [5.41, 5.74) is 1.13. The molecule has 6 nitrogen and oxygen atoms in total. The summed E-state index contributed by atoms with van der Waals surface area (Å²) >= 11 is 0. The number of aromatic amines is 1. The quantitative estimate of drug-likeness (QED) is 0.627. The van der Waals surface area contributed by atoms with Crippen molar-refractivity contribution in [1.82, 2.24) is 4.98 Å². The first kappa shape index (κ1) is 12.9. The molecule has 0 atom stereocenters. The highest BCUT2D eigenvalue weighted by molar-refractivity contribution is 5.97. The molecule has 2 aromatic carbocycles. The lowest BCUT2D eigenvalue weighted by atomic mass is 10.2. The number of para-hydroxylation sites is 1. The number of aromatic hydroxyl groups is 2. The lowest BCUT2D eigenvalue weighted by molar-refractivity contribution is 0.0994. The van der Waals surface area contributed by atoms with E-state index in [-0.39, 0.29) is 22.9 Å².